The number of nitriles is 1. The standard InChI is InChI=1S/C13H11N3O2S/c1-19(17,18)16-12-4-2-10(3-5-12)13-9-15-7-6-11(13)8-14/h2-7,9,16H,1H3. The molecule has 0 amide bonds. The Balaban J connectivity index is 2.36. The number of sulfonamides is 1. The van der Waals surface area contributed by atoms with E-state index in [0.29, 0.717) is 11.3 Å². The molecule has 0 bridgehead atoms. The molecule has 0 saturated carbocycles. The van der Waals surface area contributed by atoms with Crippen LogP contribution in [0.1, 0.15) is 5.56 Å². The Morgan fingerprint density at radius 2 is 1.89 bits per heavy atom. The molecule has 6 heteroatoms. The lowest BCUT2D eigenvalue weighted by Crippen LogP contribution is -2.09. The highest BCUT2D eigenvalue weighted by molar-refractivity contribution is 7.92. The van der Waals surface area contributed by atoms with Crippen molar-refractivity contribution >= 4 is 15.7 Å². The monoisotopic (exact) mass is 273 g/mol. The van der Waals surface area contributed by atoms with Crippen LogP contribution in [-0.4, -0.2) is 19.7 Å². The van der Waals surface area contributed by atoms with Gasteiger partial charge in [0.1, 0.15) is 0 Å². The predicted octanol–water partition coefficient (Wildman–Crippen LogP) is 1.99. The van der Waals surface area contributed by atoms with Crippen molar-refractivity contribution in [1.29, 1.82) is 5.26 Å². The maximum Gasteiger partial charge on any atom is 0.229 e. The van der Waals surface area contributed by atoms with Gasteiger partial charge in [-0.05, 0) is 23.8 Å². The largest absolute Gasteiger partial charge is 0.284 e. The average Bonchev–Trinajstić information content (AvgIpc) is 2.38. The van der Waals surface area contributed by atoms with Gasteiger partial charge in [-0.2, -0.15) is 5.26 Å². The van der Waals surface area contributed by atoms with Crippen molar-refractivity contribution in [3.8, 4) is 17.2 Å². The summed E-state index contributed by atoms with van der Waals surface area (Å²) in [7, 11) is -3.28. The molecule has 1 heterocycles. The number of benzene rings is 1. The Hall–Kier alpha value is -2.39. The summed E-state index contributed by atoms with van der Waals surface area (Å²) >= 11 is 0. The zero-order valence-electron chi connectivity index (χ0n) is 10.2. The van der Waals surface area contributed by atoms with Crippen molar-refractivity contribution in [1.82, 2.24) is 4.98 Å². The van der Waals surface area contributed by atoms with Gasteiger partial charge < -0.3 is 0 Å². The minimum atomic E-state index is -3.28. The quantitative estimate of drug-likeness (QED) is 0.927. The zero-order valence-corrected chi connectivity index (χ0v) is 11.0. The van der Waals surface area contributed by atoms with Crippen LogP contribution >= 0.6 is 0 Å². The van der Waals surface area contributed by atoms with Crippen LogP contribution in [-0.2, 0) is 10.0 Å². The van der Waals surface area contributed by atoms with Crippen molar-refractivity contribution in [3.05, 3.63) is 48.3 Å². The normalized spacial score (nSPS) is 10.7. The van der Waals surface area contributed by atoms with E-state index in [4.69, 9.17) is 5.26 Å². The van der Waals surface area contributed by atoms with E-state index in [1.54, 1.807) is 42.7 Å². The van der Waals surface area contributed by atoms with Gasteiger partial charge in [0, 0.05) is 23.6 Å². The molecule has 0 atom stereocenters. The van der Waals surface area contributed by atoms with Gasteiger partial charge in [0.05, 0.1) is 17.9 Å². The van der Waals surface area contributed by atoms with Crippen LogP contribution in [0.2, 0.25) is 0 Å². The van der Waals surface area contributed by atoms with E-state index in [9.17, 15) is 8.42 Å². The number of hydrogen-bond donors (Lipinski definition) is 1. The van der Waals surface area contributed by atoms with Gasteiger partial charge in [-0.1, -0.05) is 12.1 Å². The average molecular weight is 273 g/mol. The molecule has 2 aromatic rings. The summed E-state index contributed by atoms with van der Waals surface area (Å²) in [5.41, 5.74) is 2.53. The second kappa shape index (κ2) is 5.08. The molecular weight excluding hydrogens is 262 g/mol. The number of nitrogens with zero attached hydrogens (tertiary/aromatic N) is 2. The molecule has 0 spiro atoms. The molecule has 1 aromatic carbocycles. The van der Waals surface area contributed by atoms with E-state index in [0.717, 1.165) is 17.4 Å². The van der Waals surface area contributed by atoms with Crippen LogP contribution in [0.5, 0.6) is 0 Å². The Kier molecular flexibility index (Phi) is 3.49. The summed E-state index contributed by atoms with van der Waals surface area (Å²) in [6, 6.07) is 10.5. The van der Waals surface area contributed by atoms with Crippen molar-refractivity contribution in [3.63, 3.8) is 0 Å². The number of pyridine rings is 1. The fourth-order valence-electron chi connectivity index (χ4n) is 1.65. The van der Waals surface area contributed by atoms with Crippen LogP contribution in [0.25, 0.3) is 11.1 Å². The molecule has 1 N–H and O–H groups in total. The van der Waals surface area contributed by atoms with Crippen LogP contribution in [0.4, 0.5) is 5.69 Å². The van der Waals surface area contributed by atoms with Crippen LogP contribution in [0.15, 0.2) is 42.7 Å². The van der Waals surface area contributed by atoms with Gasteiger partial charge in [-0.25, -0.2) is 8.42 Å². The van der Waals surface area contributed by atoms with Crippen molar-refractivity contribution in [2.75, 3.05) is 11.0 Å². The number of hydrogen-bond acceptors (Lipinski definition) is 4. The SMILES string of the molecule is CS(=O)(=O)Nc1ccc(-c2cnccc2C#N)cc1. The second-order valence-electron chi connectivity index (χ2n) is 3.98. The lowest BCUT2D eigenvalue weighted by atomic mass is 10.0. The fourth-order valence-corrected chi connectivity index (χ4v) is 2.22. The second-order valence-corrected chi connectivity index (χ2v) is 5.73. The van der Waals surface area contributed by atoms with Crippen LogP contribution < -0.4 is 4.72 Å². The van der Waals surface area contributed by atoms with E-state index in [2.05, 4.69) is 15.8 Å². The van der Waals surface area contributed by atoms with Crippen LogP contribution in [0, 0.1) is 11.3 Å². The molecule has 1 aromatic heterocycles. The first-order chi connectivity index (χ1) is 8.99. The molecule has 0 radical (unpaired) electrons. The highest BCUT2D eigenvalue weighted by Crippen LogP contribution is 2.24. The molecule has 0 unspecified atom stereocenters. The minimum absolute atomic E-state index is 0.480. The molecule has 0 aliphatic carbocycles. The van der Waals surface area contributed by atoms with Crippen molar-refractivity contribution in [2.24, 2.45) is 0 Å². The Morgan fingerprint density at radius 3 is 2.47 bits per heavy atom. The van der Waals surface area contributed by atoms with E-state index >= 15 is 0 Å². The summed E-state index contributed by atoms with van der Waals surface area (Å²) < 4.78 is 24.6. The maximum absolute atomic E-state index is 11.1. The highest BCUT2D eigenvalue weighted by Gasteiger charge is 2.06. The Morgan fingerprint density at radius 1 is 1.21 bits per heavy atom. The topological polar surface area (TPSA) is 82.8 Å². The first kappa shape index (κ1) is 13.1. The van der Waals surface area contributed by atoms with E-state index in [1.807, 2.05) is 0 Å². The maximum atomic E-state index is 11.1. The van der Waals surface area contributed by atoms with Gasteiger partial charge in [0.2, 0.25) is 10.0 Å². The minimum Gasteiger partial charge on any atom is -0.284 e. The smallest absolute Gasteiger partial charge is 0.229 e. The van der Waals surface area contributed by atoms with Gasteiger partial charge in [-0.15, -0.1) is 0 Å². The number of nitrogens with one attached hydrogen (secondary N) is 1. The third-order valence-electron chi connectivity index (χ3n) is 2.44. The summed E-state index contributed by atoms with van der Waals surface area (Å²) in [5.74, 6) is 0. The van der Waals surface area contributed by atoms with E-state index in [-0.39, 0.29) is 0 Å². The Bertz CT molecular complexity index is 731. The molecule has 2 rings (SSSR count). The third kappa shape index (κ3) is 3.30. The first-order valence-electron chi connectivity index (χ1n) is 5.42. The van der Waals surface area contributed by atoms with Crippen molar-refractivity contribution in [2.45, 2.75) is 0 Å². The summed E-state index contributed by atoms with van der Waals surface area (Å²) in [4.78, 5) is 3.99. The molecule has 5 nitrogen and oxygen atoms in total. The van der Waals surface area contributed by atoms with Gasteiger partial charge in [-0.3, -0.25) is 9.71 Å². The van der Waals surface area contributed by atoms with Crippen molar-refractivity contribution < 1.29 is 8.42 Å². The highest BCUT2D eigenvalue weighted by atomic mass is 32.2. The zero-order chi connectivity index (χ0) is 13.9. The first-order valence-corrected chi connectivity index (χ1v) is 7.31. The summed E-state index contributed by atoms with van der Waals surface area (Å²) in [6.45, 7) is 0. The molecule has 0 fully saturated rings. The summed E-state index contributed by atoms with van der Waals surface area (Å²) in [5, 5.41) is 9.02. The predicted molar refractivity (Wildman–Crippen MR) is 72.9 cm³/mol. The van der Waals surface area contributed by atoms with E-state index < -0.39 is 10.0 Å². The van der Waals surface area contributed by atoms with Gasteiger partial charge >= 0.3 is 0 Å². The van der Waals surface area contributed by atoms with E-state index in [1.165, 1.54) is 0 Å². The molecular formula is C13H11N3O2S. The molecule has 0 aliphatic heterocycles. The molecule has 0 aliphatic rings. The molecule has 0 saturated heterocycles. The number of anilines is 1. The Labute approximate surface area is 111 Å². The fraction of sp³-hybridized carbons (Fsp3) is 0.0769. The molecule has 19 heavy (non-hydrogen) atoms. The summed E-state index contributed by atoms with van der Waals surface area (Å²) in [6.07, 6.45) is 4.26. The van der Waals surface area contributed by atoms with Crippen LogP contribution in [0.3, 0.4) is 0 Å². The number of rotatable bonds is 3. The number of aromatic nitrogens is 1. The van der Waals surface area contributed by atoms with Gasteiger partial charge in [0.15, 0.2) is 0 Å². The van der Waals surface area contributed by atoms with Gasteiger partial charge in [0.25, 0.3) is 0 Å². The molecule has 96 valence electrons. The lowest BCUT2D eigenvalue weighted by molar-refractivity contribution is 0.607. The third-order valence-corrected chi connectivity index (χ3v) is 3.05. The lowest BCUT2D eigenvalue weighted by Gasteiger charge is -2.06.